The van der Waals surface area contributed by atoms with E-state index in [1.165, 1.54) is 24.1 Å². The summed E-state index contributed by atoms with van der Waals surface area (Å²) in [5.41, 5.74) is -3.95. The van der Waals surface area contributed by atoms with E-state index < -0.39 is 251 Å². The molecule has 139 heavy (non-hydrogen) atoms. The monoisotopic (exact) mass is 2130 g/mol. The topological polar surface area (TPSA) is 1110 Å². The van der Waals surface area contributed by atoms with E-state index in [4.69, 9.17) is 193 Å². The third-order valence-corrected chi connectivity index (χ3v) is 15.4. The number of hydrogen-bond acceptors (Lipinski definition) is 61. The van der Waals surface area contributed by atoms with Crippen LogP contribution in [0.15, 0.2) is 12.7 Å². The molecule has 0 amide bonds. The lowest BCUT2D eigenvalue weighted by Gasteiger charge is -2.32. The van der Waals surface area contributed by atoms with E-state index >= 15 is 0 Å². The quantitative estimate of drug-likeness (QED) is 0.00732. The van der Waals surface area contributed by atoms with Crippen molar-refractivity contribution >= 4 is 119 Å². The summed E-state index contributed by atoms with van der Waals surface area (Å²) in [6.45, 7) is -5.42. The van der Waals surface area contributed by atoms with Gasteiger partial charge in [0.2, 0.25) is 11.2 Å². The minimum atomic E-state index is -5.21. The number of rotatable bonds is 25. The van der Waals surface area contributed by atoms with Crippen molar-refractivity contribution in [2.75, 3.05) is 84.1 Å². The van der Waals surface area contributed by atoms with Gasteiger partial charge in [0.25, 0.3) is 0 Å². The number of aromatic nitrogens is 8. The van der Waals surface area contributed by atoms with E-state index in [9.17, 15) is 99.7 Å². The molecule has 4 aliphatic heterocycles. The standard InChI is InChI=1S/C12H12FN5O3.C7H11O7P.3C7H10O5.C5H4FN5.C5H8O4.2C5H6O4.C5H8O3.C2H4O.6HO2P/c1-2-12(4-19)6(20)3-7(21-12)18-5-15-8-9(14)16-11(13)17-10(8)18;1-2-7(4-8)5(9)3-6(13-7)14-15(10,11)12;2*1-2-7(4-11-10)5(8)3-6(9)12-7;1-2-7(10,5-12-11)6(9)3-4-8;6-5-10-3(7)2-4(11-5)9-1-8-2;3*1-2-5(7,3-6)4-9-8;1-2-5(8,3-6)4-7;1-2-3;6*1-3-2/h1,5-7,19-20H,3-4H2,(H2,14,16,17);1,5-6,8-9H,3-4H2,(H2,10,11,12);2*1,5-6,8-10H,3-4H2;1,4,6,9-11H,3,5H2;1H,(H3,7,8,9,10,11);1,6-8H,3-4H2;2*1,3,7-8H,4H2;1,6-8H,3-4H2;2H,1H3;6*(H,1,2)/p-14/t6-,7+,12+;5-,6+,7+;2*5-,6?,7+;6-,7+;;3*5-;;;;;;;;/m00000.000......../s1. The number of anilines is 2. The molecule has 4 fully saturated rings. The molecule has 0 saturated carbocycles. The van der Waals surface area contributed by atoms with Gasteiger partial charge in [-0.2, -0.15) is 28.7 Å². The van der Waals surface area contributed by atoms with Crippen LogP contribution in [0.3, 0.4) is 0 Å². The fraction of sp³-hybridized carbons (Fsp3) is 0.522. The highest BCUT2D eigenvalue weighted by molar-refractivity contribution is 7.43. The number of phosphoric ester groups is 1. The van der Waals surface area contributed by atoms with Gasteiger partial charge in [-0.25, -0.2) is 9.97 Å². The van der Waals surface area contributed by atoms with Crippen molar-refractivity contribution in [1.29, 1.82) is 0 Å². The van der Waals surface area contributed by atoms with E-state index in [1.807, 2.05) is 17.8 Å². The summed E-state index contributed by atoms with van der Waals surface area (Å²) in [4.78, 5) is 153. The zero-order valence-electron chi connectivity index (χ0n) is 70.1. The molecule has 0 aliphatic carbocycles. The molecule has 63 nitrogen and oxygen atoms in total. The maximum atomic E-state index is 13.3. The zero-order chi connectivity index (χ0) is 110. The highest BCUT2D eigenvalue weighted by Crippen LogP contribution is 2.40. The molecule has 8 heterocycles. The summed E-state index contributed by atoms with van der Waals surface area (Å²) in [6.07, 6.45) is 35.2. The summed E-state index contributed by atoms with van der Waals surface area (Å²) in [6, 6.07) is 0. The summed E-state index contributed by atoms with van der Waals surface area (Å²) < 4.78 is 111. The van der Waals surface area contributed by atoms with Crippen LogP contribution in [0.5, 0.6) is 0 Å². The molecule has 4 saturated heterocycles. The number of fused-ring (bicyclic) bond motifs is 2. The van der Waals surface area contributed by atoms with E-state index in [2.05, 4.69) is 99.3 Å². The molecule has 4 aromatic heterocycles. The number of aromatic amines is 1. The molecule has 0 bridgehead atoms. The molecule has 0 aromatic carbocycles. The second-order valence-electron chi connectivity index (χ2n) is 23.9. The molecule has 4 aliphatic rings. The molecule has 8 rings (SSSR count). The number of H-pyrrole nitrogens is 1. The lowest BCUT2D eigenvalue weighted by molar-refractivity contribution is -0.693. The van der Waals surface area contributed by atoms with Crippen molar-refractivity contribution in [2.45, 2.75) is 145 Å². The first-order valence-corrected chi connectivity index (χ1v) is 40.3. The number of carbonyl (C=O) groups excluding carboxylic acids is 4. The Hall–Kier alpha value is -9.57. The van der Waals surface area contributed by atoms with Gasteiger partial charge in [0.1, 0.15) is 54.8 Å². The molecule has 22 N–H and O–H groups in total. The Morgan fingerprint density at radius 2 is 0.899 bits per heavy atom. The van der Waals surface area contributed by atoms with Gasteiger partial charge in [0, 0.05) is 32.1 Å². The first kappa shape index (κ1) is 147. The Bertz CT molecular complexity index is 4510. The van der Waals surface area contributed by atoms with Crippen LogP contribution < -0.4 is 82.2 Å². The molecule has 4 aromatic rings. The van der Waals surface area contributed by atoms with Crippen molar-refractivity contribution in [2.24, 2.45) is 0 Å². The van der Waals surface area contributed by atoms with Crippen LogP contribution in [0.4, 0.5) is 20.4 Å². The first-order valence-electron chi connectivity index (χ1n) is 34.5. The molecule has 2 unspecified atom stereocenters. The Morgan fingerprint density at radius 3 is 1.17 bits per heavy atom. The van der Waals surface area contributed by atoms with Gasteiger partial charge >= 0.3 is 12.2 Å². The predicted octanol–water partition coefficient (Wildman–Crippen LogP) is -21.2. The third kappa shape index (κ3) is 58.4. The number of imidazole rings is 2. The fourth-order valence-corrected chi connectivity index (χ4v) is 8.53. The van der Waals surface area contributed by atoms with Gasteiger partial charge in [-0.1, -0.05) is 53.3 Å². The summed E-state index contributed by atoms with van der Waals surface area (Å²) in [7, 11) is -11.7. The highest BCUT2D eigenvalue weighted by atomic mass is 31.2. The normalized spacial score (nSPS) is 22.5. The van der Waals surface area contributed by atoms with Crippen molar-refractivity contribution < 1.29 is 270 Å². The Morgan fingerprint density at radius 1 is 0.540 bits per heavy atom. The van der Waals surface area contributed by atoms with Gasteiger partial charge in [-0.3, -0.25) is 41.5 Å². The van der Waals surface area contributed by atoms with Gasteiger partial charge in [-0.05, 0) is 6.92 Å². The number of halogens is 2. The number of nitrogens with two attached hydrogens (primary N) is 2. The smallest absolute Gasteiger partial charge is 0.312 e. The summed E-state index contributed by atoms with van der Waals surface area (Å²) in [5, 5.41) is 210. The van der Waals surface area contributed by atoms with Crippen LogP contribution in [0.1, 0.15) is 45.3 Å². The summed E-state index contributed by atoms with van der Waals surface area (Å²) >= 11 is 0. The maximum Gasteiger partial charge on any atom is 0.312 e. The summed E-state index contributed by atoms with van der Waals surface area (Å²) in [5.74, 6) is 17.2. The molecule has 0 radical (unpaired) electrons. The van der Waals surface area contributed by atoms with Gasteiger partial charge < -0.3 is 241 Å². The number of aliphatic hydroxyl groups excluding tert-OH is 12. The molecule has 17 atom stereocenters. The van der Waals surface area contributed by atoms with Crippen LogP contribution in [0.2, 0.25) is 0 Å². The number of nitrogens with zero attached hydrogens (tertiary/aromatic N) is 7. The number of terminal acetylenes is 9. The Balaban J connectivity index is -0.000000191. The largest absolute Gasteiger partial charge is 0.790 e. The number of aldehydes is 4. The minimum absolute atomic E-state index is 0.00639. The minimum Gasteiger partial charge on any atom is -0.790 e. The predicted molar refractivity (Wildman–Crippen MR) is 419 cm³/mol. The number of carbonyl (C=O) groups is 4. The van der Waals surface area contributed by atoms with Crippen molar-refractivity contribution in [1.82, 2.24) is 39.5 Å². The average Bonchev–Trinajstić information content (AvgIpc) is 1.60. The zero-order valence-corrected chi connectivity index (χ0v) is 76.4. The number of hydrogen-bond donors (Lipinski definition) is 20. The van der Waals surface area contributed by atoms with Crippen molar-refractivity contribution in [3.8, 4) is 111 Å². The van der Waals surface area contributed by atoms with Gasteiger partial charge in [0.05, 0.1) is 145 Å². The number of aliphatic hydroxyl groups is 17. The fourth-order valence-electron chi connectivity index (χ4n) is 8.11. The van der Waals surface area contributed by atoms with Crippen LogP contribution in [-0.2, 0) is 104 Å². The second-order valence-corrected chi connectivity index (χ2v) is 25.9. The molecule has 0 spiro atoms. The van der Waals surface area contributed by atoms with Gasteiger partial charge in [-0.15, -0.1) is 57.8 Å². The molecule has 780 valence electrons. The van der Waals surface area contributed by atoms with E-state index in [0.29, 0.717) is 11.8 Å². The maximum absolute atomic E-state index is 13.3. The Kier molecular flexibility index (Phi) is 86.9. The molecular formula is C67H81F2N10O53P7-14. The number of ether oxygens (including phenoxy) is 4. The van der Waals surface area contributed by atoms with E-state index in [-0.39, 0.29) is 73.1 Å². The van der Waals surface area contributed by atoms with Crippen LogP contribution in [0.25, 0.3) is 22.3 Å². The van der Waals surface area contributed by atoms with E-state index in [1.54, 1.807) is 17.8 Å². The second kappa shape index (κ2) is 82.0. The molecular weight excluding hydrogens is 2050 g/mol. The Labute approximate surface area is 791 Å². The lowest BCUT2D eigenvalue weighted by Crippen LogP contribution is -2.46. The first-order chi connectivity index (χ1) is 65.1. The van der Waals surface area contributed by atoms with Gasteiger partial charge in [0.15, 0.2) is 99.1 Å². The van der Waals surface area contributed by atoms with Crippen molar-refractivity contribution in [3.05, 3.63) is 24.8 Å². The van der Waals surface area contributed by atoms with Crippen LogP contribution in [0, 0.1) is 123 Å². The SMILES string of the molecule is C#CC(O)(CO)CO.C#C[C@@](O)(CO[O-])[C@@H](O)CC=O.C#C[C@](O)(C=O)CO[O-].C#C[C@](O)(C=O)CO[O-].C#C[C@](O)(CO)CO[O-].C#C[C@]1(CO)O[C@@H](n2cnc3c(N)nc(F)nc32)C[C@@H]1O.C#C[C@]1(CO)O[C@H](OP(=O)([O-])[O-])C[C@@H]1O.C#C[C@]1(CO[O-])OC(O)C[C@@H]1O.C#C[C@]1(CO[O-])OC(O)C[C@@H]1O.CC=O.Nc1nc(F)nc2nc[nH]c12.O=P[O-].O=P[O-].O=P[O-].O=P[O-].O=P[O-].O=P[O-]. The number of nitrogen functional groups attached to an aromatic ring is 2. The highest BCUT2D eigenvalue weighted by Gasteiger charge is 2.50. The van der Waals surface area contributed by atoms with Crippen LogP contribution in [-0.4, -0.2) is 324 Å². The molecule has 72 heteroatoms. The third-order valence-electron chi connectivity index (χ3n) is 14.9. The number of nitrogens with one attached hydrogen (secondary N) is 1. The lowest BCUT2D eigenvalue weighted by atomic mass is 9.97. The average molecular weight is 2130 g/mol. The van der Waals surface area contributed by atoms with Crippen LogP contribution >= 0.6 is 59.9 Å². The van der Waals surface area contributed by atoms with Crippen molar-refractivity contribution in [3.63, 3.8) is 0 Å². The number of phosphoric acid groups is 1. The van der Waals surface area contributed by atoms with E-state index in [0.717, 1.165) is 6.29 Å².